The number of amides is 4. The Hall–Kier alpha value is -4.74. The van der Waals surface area contributed by atoms with Crippen LogP contribution in [0, 0.1) is 12.8 Å². The number of nitrogens with zero attached hydrogens (tertiary/aromatic N) is 4. The van der Waals surface area contributed by atoms with Crippen molar-refractivity contribution in [3.8, 4) is 5.88 Å². The van der Waals surface area contributed by atoms with Crippen molar-refractivity contribution in [2.45, 2.75) is 126 Å². The van der Waals surface area contributed by atoms with Crippen molar-refractivity contribution in [1.29, 1.82) is 0 Å². The summed E-state index contributed by atoms with van der Waals surface area (Å²) >= 11 is 0. The quantitative estimate of drug-likeness (QED) is 0.302. The van der Waals surface area contributed by atoms with Crippen molar-refractivity contribution in [3.63, 3.8) is 0 Å². The number of aryl methyl sites for hydroxylation is 2. The van der Waals surface area contributed by atoms with Crippen LogP contribution in [0.1, 0.15) is 100.0 Å². The molecule has 0 spiro atoms. The minimum atomic E-state index is -4.18. The van der Waals surface area contributed by atoms with Gasteiger partial charge in [-0.05, 0) is 70.4 Å². The van der Waals surface area contributed by atoms with E-state index in [1.54, 1.807) is 19.1 Å². The summed E-state index contributed by atoms with van der Waals surface area (Å²) in [5, 5.41) is 9.08. The number of fused-ring (bicyclic) bond motifs is 3. The third-order valence-electron chi connectivity index (χ3n) is 11.3. The molecule has 3 aromatic rings. The summed E-state index contributed by atoms with van der Waals surface area (Å²) in [6.45, 7) is 4.84. The molecule has 2 saturated heterocycles. The molecule has 55 heavy (non-hydrogen) atoms. The van der Waals surface area contributed by atoms with Crippen molar-refractivity contribution in [1.82, 2.24) is 35.4 Å². The molecule has 4 fully saturated rings. The number of carbonyl (C=O) groups is 4. The van der Waals surface area contributed by atoms with Gasteiger partial charge in [0.05, 0.1) is 22.3 Å². The van der Waals surface area contributed by atoms with Crippen LogP contribution in [0.4, 0.5) is 8.78 Å². The smallest absolute Gasteiger partial charge is 0.274 e. The number of para-hydroxylation sites is 2. The van der Waals surface area contributed by atoms with Gasteiger partial charge in [0.25, 0.3) is 11.8 Å². The monoisotopic (exact) mass is 785 g/mol. The van der Waals surface area contributed by atoms with E-state index in [4.69, 9.17) is 9.26 Å². The van der Waals surface area contributed by atoms with Crippen LogP contribution < -0.4 is 20.1 Å². The Balaban J connectivity index is 1.22. The van der Waals surface area contributed by atoms with Gasteiger partial charge in [-0.2, -0.15) is 0 Å². The van der Waals surface area contributed by atoms with Crippen molar-refractivity contribution in [3.05, 3.63) is 47.5 Å². The standard InChI is InChI=1S/C37H45F2N7O8S/c1-4-24-32(42-26-11-8-7-10-25(26)40-24)53-23-17-29-31(48)43-37(34(50)45-55(51,52)35(3)14-15-35)19-22(37)18-36(38,39)13-9-5-6-12-27(33(49)46(29)20-23)41-30(47)28-16-21(2)54-44-28/h7-8,10-11,16,22-23,27,29H,4-6,9,12-15,17-20H2,1-3H3,(H,41,47)(H,43,48)(H,45,50)/t22-,23-,27+,29+,37-/m1/s1. The van der Waals surface area contributed by atoms with Gasteiger partial charge in [0, 0.05) is 25.3 Å². The summed E-state index contributed by atoms with van der Waals surface area (Å²) in [6.07, 6.45) is -0.489. The van der Waals surface area contributed by atoms with E-state index in [0.29, 0.717) is 54.6 Å². The Morgan fingerprint density at radius 2 is 1.80 bits per heavy atom. The van der Waals surface area contributed by atoms with Gasteiger partial charge in [-0.3, -0.25) is 23.9 Å². The molecule has 15 nitrogen and oxygen atoms in total. The van der Waals surface area contributed by atoms with E-state index in [-0.39, 0.29) is 43.8 Å². The zero-order valence-electron chi connectivity index (χ0n) is 30.9. The van der Waals surface area contributed by atoms with Gasteiger partial charge < -0.3 is 24.8 Å². The van der Waals surface area contributed by atoms with Crippen molar-refractivity contribution < 1.29 is 45.6 Å². The van der Waals surface area contributed by atoms with Gasteiger partial charge in [-0.15, -0.1) is 0 Å². The molecule has 4 aliphatic rings. The Morgan fingerprint density at radius 3 is 2.47 bits per heavy atom. The highest BCUT2D eigenvalue weighted by atomic mass is 32.2. The molecule has 0 unspecified atom stereocenters. The lowest BCUT2D eigenvalue weighted by Gasteiger charge is -2.30. The number of nitrogens with one attached hydrogen (secondary N) is 3. The number of halogens is 2. The van der Waals surface area contributed by atoms with Crippen LogP contribution in [0.3, 0.4) is 0 Å². The Kier molecular flexibility index (Phi) is 10.1. The highest BCUT2D eigenvalue weighted by Crippen LogP contribution is 2.51. The number of hydrogen-bond acceptors (Lipinski definition) is 11. The maximum Gasteiger partial charge on any atom is 0.274 e. The molecule has 0 radical (unpaired) electrons. The first-order valence-corrected chi connectivity index (χ1v) is 20.2. The molecule has 2 aromatic heterocycles. The Morgan fingerprint density at radius 1 is 1.07 bits per heavy atom. The van der Waals surface area contributed by atoms with Crippen LogP contribution in [-0.4, -0.2) is 93.0 Å². The number of benzene rings is 1. The zero-order chi connectivity index (χ0) is 39.3. The summed E-state index contributed by atoms with van der Waals surface area (Å²) in [5.41, 5.74) is -0.240. The average molecular weight is 786 g/mol. The van der Waals surface area contributed by atoms with Gasteiger partial charge in [0.15, 0.2) is 5.69 Å². The molecule has 18 heteroatoms. The van der Waals surface area contributed by atoms with Crippen LogP contribution in [0.5, 0.6) is 5.88 Å². The molecule has 2 saturated carbocycles. The van der Waals surface area contributed by atoms with E-state index in [9.17, 15) is 27.6 Å². The summed E-state index contributed by atoms with van der Waals surface area (Å²) in [6, 6.07) is 6.16. The van der Waals surface area contributed by atoms with Gasteiger partial charge in [-0.25, -0.2) is 27.2 Å². The highest BCUT2D eigenvalue weighted by molar-refractivity contribution is 7.91. The number of sulfonamides is 1. The van der Waals surface area contributed by atoms with E-state index in [0.717, 1.165) is 0 Å². The number of carbonyl (C=O) groups excluding carboxylic acids is 4. The fourth-order valence-corrected chi connectivity index (χ4v) is 8.87. The lowest BCUT2D eigenvalue weighted by Crippen LogP contribution is -2.58. The van der Waals surface area contributed by atoms with Crippen LogP contribution in [0.2, 0.25) is 0 Å². The van der Waals surface area contributed by atoms with Crippen LogP contribution in [-0.2, 0) is 30.8 Å². The molecule has 2 aliphatic heterocycles. The average Bonchev–Trinajstić information content (AvgIpc) is 3.92. The normalized spacial score (nSPS) is 27.8. The first-order valence-electron chi connectivity index (χ1n) is 18.8. The molecule has 5 atom stereocenters. The molecule has 3 N–H and O–H groups in total. The maximum absolute atomic E-state index is 15.4. The maximum atomic E-state index is 15.4. The fourth-order valence-electron chi connectivity index (χ4n) is 7.56. The molecule has 2 aliphatic carbocycles. The molecule has 4 heterocycles. The Labute approximate surface area is 316 Å². The number of ether oxygens (including phenoxy) is 1. The largest absolute Gasteiger partial charge is 0.471 e. The number of hydrogen-bond donors (Lipinski definition) is 3. The predicted octanol–water partition coefficient (Wildman–Crippen LogP) is 3.50. The third-order valence-corrected chi connectivity index (χ3v) is 13.5. The van der Waals surface area contributed by atoms with Crippen LogP contribution in [0.25, 0.3) is 11.0 Å². The number of aromatic nitrogens is 3. The molecule has 4 amide bonds. The van der Waals surface area contributed by atoms with Gasteiger partial charge in [-0.1, -0.05) is 37.1 Å². The van der Waals surface area contributed by atoms with Gasteiger partial charge >= 0.3 is 0 Å². The van der Waals surface area contributed by atoms with E-state index in [1.807, 2.05) is 19.1 Å². The molecule has 1 aromatic carbocycles. The van der Waals surface area contributed by atoms with Crippen LogP contribution >= 0.6 is 0 Å². The van der Waals surface area contributed by atoms with Crippen LogP contribution in [0.15, 0.2) is 34.9 Å². The van der Waals surface area contributed by atoms with E-state index in [1.165, 1.54) is 17.9 Å². The second kappa shape index (κ2) is 14.4. The van der Waals surface area contributed by atoms with Crippen molar-refractivity contribution >= 4 is 44.7 Å². The minimum Gasteiger partial charge on any atom is -0.471 e. The number of rotatable bonds is 8. The van der Waals surface area contributed by atoms with E-state index in [2.05, 4.69) is 30.5 Å². The van der Waals surface area contributed by atoms with Gasteiger partial charge in [0.1, 0.15) is 35.2 Å². The van der Waals surface area contributed by atoms with E-state index < -0.39 is 86.8 Å². The lowest BCUT2D eigenvalue weighted by molar-refractivity contribution is -0.141. The van der Waals surface area contributed by atoms with Crippen molar-refractivity contribution in [2.75, 3.05) is 6.54 Å². The molecular weight excluding hydrogens is 741 g/mol. The molecule has 296 valence electrons. The second-order valence-electron chi connectivity index (χ2n) is 15.6. The fraction of sp³-hybridized carbons (Fsp3) is 0.595. The molecule has 7 rings (SSSR count). The predicted molar refractivity (Wildman–Crippen MR) is 192 cm³/mol. The zero-order valence-corrected chi connectivity index (χ0v) is 31.7. The van der Waals surface area contributed by atoms with Crippen molar-refractivity contribution in [2.24, 2.45) is 5.92 Å². The Bertz CT molecular complexity index is 2130. The minimum absolute atomic E-state index is 0.0672. The second-order valence-corrected chi connectivity index (χ2v) is 17.8. The topological polar surface area (TPSA) is 203 Å². The number of alkyl halides is 2. The summed E-state index contributed by atoms with van der Waals surface area (Å²) in [4.78, 5) is 66.6. The highest BCUT2D eigenvalue weighted by Gasteiger charge is 2.65. The summed E-state index contributed by atoms with van der Waals surface area (Å²) in [5.74, 6) is -6.96. The van der Waals surface area contributed by atoms with E-state index >= 15 is 8.78 Å². The lowest BCUT2D eigenvalue weighted by atomic mass is 10.00. The first kappa shape index (κ1) is 38.5. The molecular formula is C37H45F2N7O8S. The van der Waals surface area contributed by atoms with Gasteiger partial charge in [0.2, 0.25) is 33.6 Å². The summed E-state index contributed by atoms with van der Waals surface area (Å²) < 4.78 is 69.4. The SMILES string of the molecule is CCc1nc2ccccc2nc1O[C@@H]1C[C@H]2C(=O)N[C@]3(C(=O)NS(=O)(=O)C4(C)CC4)C[C@H]3CC(F)(F)CCCCC[C@H](NC(=O)c3cc(C)on3)C(=O)N2C1. The first-order chi connectivity index (χ1) is 26.0. The summed E-state index contributed by atoms with van der Waals surface area (Å²) in [7, 11) is -4.18. The molecule has 0 bridgehead atoms. The third kappa shape index (κ3) is 7.87.